The number of hydrogen-bond acceptors (Lipinski definition) is 3. The van der Waals surface area contributed by atoms with Crippen LogP contribution in [-0.2, 0) is 4.79 Å². The zero-order chi connectivity index (χ0) is 15.4. The number of hydrogen-bond donors (Lipinski definition) is 2. The van der Waals surface area contributed by atoms with Crippen molar-refractivity contribution >= 4 is 17.7 Å². The molecule has 3 nitrogen and oxygen atoms in total. The molecule has 0 aromatic heterocycles. The summed E-state index contributed by atoms with van der Waals surface area (Å²) in [5.41, 5.74) is -2.27. The average Bonchev–Trinajstić information content (AvgIpc) is 2.91. The van der Waals surface area contributed by atoms with Gasteiger partial charge in [0.15, 0.2) is 5.41 Å². The molecule has 1 unspecified atom stereocenters. The molecule has 1 heterocycles. The van der Waals surface area contributed by atoms with Gasteiger partial charge in [0, 0.05) is 17.8 Å². The Morgan fingerprint density at radius 3 is 2.30 bits per heavy atom. The molecule has 0 aliphatic carbocycles. The predicted octanol–water partition coefficient (Wildman–Crippen LogP) is 2.57. The van der Waals surface area contributed by atoms with Crippen molar-refractivity contribution < 1.29 is 18.0 Å². The topological polar surface area (TPSA) is 41.1 Å². The lowest BCUT2D eigenvalue weighted by Gasteiger charge is -2.34. The summed E-state index contributed by atoms with van der Waals surface area (Å²) in [5.74, 6) is -0.893. The minimum Gasteiger partial charge on any atom is -0.354 e. The summed E-state index contributed by atoms with van der Waals surface area (Å²) in [6.07, 6.45) is -1.16. The SMILES string of the molecule is CCC(CC)(CNC(=O)C1(C(F)(F)F)CCNC1)SC. The Balaban J connectivity index is 2.79. The van der Waals surface area contributed by atoms with Gasteiger partial charge in [-0.15, -0.1) is 0 Å². The Bertz CT molecular complexity index is 329. The van der Waals surface area contributed by atoms with Gasteiger partial charge in [-0.25, -0.2) is 0 Å². The summed E-state index contributed by atoms with van der Waals surface area (Å²) in [6.45, 7) is 4.15. The number of thioether (sulfide) groups is 1. The lowest BCUT2D eigenvalue weighted by Crippen LogP contribution is -2.54. The fourth-order valence-corrected chi connectivity index (χ4v) is 3.32. The van der Waals surface area contributed by atoms with Crippen LogP contribution in [0.5, 0.6) is 0 Å². The fraction of sp³-hybridized carbons (Fsp3) is 0.923. The third-order valence-corrected chi connectivity index (χ3v) is 6.01. The zero-order valence-corrected chi connectivity index (χ0v) is 13.0. The van der Waals surface area contributed by atoms with Gasteiger partial charge in [-0.3, -0.25) is 4.79 Å². The van der Waals surface area contributed by atoms with Crippen molar-refractivity contribution in [3.63, 3.8) is 0 Å². The summed E-state index contributed by atoms with van der Waals surface area (Å²) in [5, 5.41) is 5.20. The van der Waals surface area contributed by atoms with Crippen molar-refractivity contribution in [2.75, 3.05) is 25.9 Å². The highest BCUT2D eigenvalue weighted by molar-refractivity contribution is 8.00. The lowest BCUT2D eigenvalue weighted by atomic mass is 9.85. The molecule has 0 radical (unpaired) electrons. The Hall–Kier alpha value is -0.430. The highest BCUT2D eigenvalue weighted by atomic mass is 32.2. The van der Waals surface area contributed by atoms with Crippen LogP contribution in [0.2, 0.25) is 0 Å². The van der Waals surface area contributed by atoms with Crippen molar-refractivity contribution in [1.82, 2.24) is 10.6 Å². The van der Waals surface area contributed by atoms with Crippen LogP contribution in [0.3, 0.4) is 0 Å². The average molecular weight is 312 g/mol. The highest BCUT2D eigenvalue weighted by Gasteiger charge is 2.61. The van der Waals surface area contributed by atoms with Crippen molar-refractivity contribution in [2.45, 2.75) is 44.0 Å². The summed E-state index contributed by atoms with van der Waals surface area (Å²) < 4.78 is 39.5. The first-order valence-electron chi connectivity index (χ1n) is 6.88. The molecule has 2 N–H and O–H groups in total. The molecule has 1 atom stereocenters. The van der Waals surface area contributed by atoms with E-state index in [2.05, 4.69) is 10.6 Å². The third kappa shape index (κ3) is 3.24. The molecule has 0 aromatic carbocycles. The second-order valence-corrected chi connectivity index (χ2v) is 6.56. The van der Waals surface area contributed by atoms with E-state index in [4.69, 9.17) is 0 Å². The van der Waals surface area contributed by atoms with Gasteiger partial charge in [0.1, 0.15) is 0 Å². The molecule has 118 valence electrons. The van der Waals surface area contributed by atoms with Crippen LogP contribution >= 0.6 is 11.8 Å². The molecule has 1 fully saturated rings. The van der Waals surface area contributed by atoms with E-state index in [9.17, 15) is 18.0 Å². The molecule has 0 bridgehead atoms. The molecule has 7 heteroatoms. The molecular formula is C13H23F3N2OS. The normalized spacial score (nSPS) is 23.9. The standard InChI is InChI=1S/C13H23F3N2OS/c1-4-11(5-2,20-3)8-18-10(19)12(13(14,15)16)6-7-17-9-12/h17H,4-9H2,1-3H3,(H,18,19). The van der Waals surface area contributed by atoms with E-state index in [-0.39, 0.29) is 30.8 Å². The van der Waals surface area contributed by atoms with E-state index >= 15 is 0 Å². The predicted molar refractivity (Wildman–Crippen MR) is 75.8 cm³/mol. The zero-order valence-electron chi connectivity index (χ0n) is 12.2. The molecule has 1 aliphatic rings. The van der Waals surface area contributed by atoms with Gasteiger partial charge < -0.3 is 10.6 Å². The molecule has 0 saturated carbocycles. The number of carbonyl (C=O) groups is 1. The van der Waals surface area contributed by atoms with E-state index < -0.39 is 17.5 Å². The quantitative estimate of drug-likeness (QED) is 0.792. The Morgan fingerprint density at radius 2 is 1.95 bits per heavy atom. The molecule has 1 amide bonds. The molecule has 1 saturated heterocycles. The summed E-state index contributed by atoms with van der Waals surface area (Å²) >= 11 is 1.60. The van der Waals surface area contributed by atoms with Crippen LogP contribution in [0.1, 0.15) is 33.1 Å². The number of halogens is 3. The van der Waals surface area contributed by atoms with Gasteiger partial charge in [-0.2, -0.15) is 24.9 Å². The van der Waals surface area contributed by atoms with Crippen molar-refractivity contribution in [3.05, 3.63) is 0 Å². The Morgan fingerprint density at radius 1 is 1.35 bits per heavy atom. The Labute approximate surface area is 122 Å². The molecule has 20 heavy (non-hydrogen) atoms. The van der Waals surface area contributed by atoms with Crippen LogP contribution in [0, 0.1) is 5.41 Å². The number of amides is 1. The van der Waals surface area contributed by atoms with Crippen LogP contribution in [0.25, 0.3) is 0 Å². The molecular weight excluding hydrogens is 289 g/mol. The maximum Gasteiger partial charge on any atom is 0.404 e. The summed E-state index contributed by atoms with van der Waals surface area (Å²) in [6, 6.07) is 0. The molecule has 0 spiro atoms. The van der Waals surface area contributed by atoms with E-state index in [1.54, 1.807) is 11.8 Å². The monoisotopic (exact) mass is 312 g/mol. The minimum absolute atomic E-state index is 0.186. The smallest absolute Gasteiger partial charge is 0.354 e. The number of rotatable bonds is 6. The highest BCUT2D eigenvalue weighted by Crippen LogP contribution is 2.43. The van der Waals surface area contributed by atoms with Crippen LogP contribution < -0.4 is 10.6 Å². The van der Waals surface area contributed by atoms with Gasteiger partial charge in [0.2, 0.25) is 5.91 Å². The molecule has 1 aliphatic heterocycles. The first kappa shape index (κ1) is 17.6. The summed E-state index contributed by atoms with van der Waals surface area (Å²) in [4.78, 5) is 12.1. The van der Waals surface area contributed by atoms with Gasteiger partial charge >= 0.3 is 6.18 Å². The van der Waals surface area contributed by atoms with Crippen molar-refractivity contribution in [1.29, 1.82) is 0 Å². The maximum atomic E-state index is 13.2. The number of carbonyl (C=O) groups excluding carboxylic acids is 1. The number of alkyl halides is 3. The van der Waals surface area contributed by atoms with Crippen molar-refractivity contribution in [2.24, 2.45) is 5.41 Å². The van der Waals surface area contributed by atoms with Crippen LogP contribution in [0.15, 0.2) is 0 Å². The van der Waals surface area contributed by atoms with Crippen molar-refractivity contribution in [3.8, 4) is 0 Å². The van der Waals surface area contributed by atoms with Gasteiger partial charge in [-0.1, -0.05) is 13.8 Å². The van der Waals surface area contributed by atoms with E-state index in [1.807, 2.05) is 20.1 Å². The number of nitrogens with one attached hydrogen (secondary N) is 2. The second kappa shape index (κ2) is 6.56. The maximum absolute atomic E-state index is 13.2. The third-order valence-electron chi connectivity index (χ3n) is 4.43. The first-order chi connectivity index (χ1) is 9.27. The molecule has 0 aromatic rings. The first-order valence-corrected chi connectivity index (χ1v) is 8.10. The van der Waals surface area contributed by atoms with E-state index in [1.165, 1.54) is 0 Å². The minimum atomic E-state index is -4.51. The summed E-state index contributed by atoms with van der Waals surface area (Å²) in [7, 11) is 0. The van der Waals surface area contributed by atoms with Gasteiger partial charge in [0.05, 0.1) is 0 Å². The van der Waals surface area contributed by atoms with E-state index in [0.29, 0.717) is 0 Å². The van der Waals surface area contributed by atoms with Crippen LogP contribution in [0.4, 0.5) is 13.2 Å². The van der Waals surface area contributed by atoms with E-state index in [0.717, 1.165) is 12.8 Å². The Kier molecular flexibility index (Phi) is 5.78. The second-order valence-electron chi connectivity index (χ2n) is 5.28. The van der Waals surface area contributed by atoms with Gasteiger partial charge in [-0.05, 0) is 32.1 Å². The van der Waals surface area contributed by atoms with Crippen LogP contribution in [-0.4, -0.2) is 42.7 Å². The lowest BCUT2D eigenvalue weighted by molar-refractivity contribution is -0.216. The molecule has 1 rings (SSSR count). The fourth-order valence-electron chi connectivity index (χ4n) is 2.53. The van der Waals surface area contributed by atoms with Gasteiger partial charge in [0.25, 0.3) is 0 Å². The largest absolute Gasteiger partial charge is 0.404 e.